The summed E-state index contributed by atoms with van der Waals surface area (Å²) in [5.41, 5.74) is 5.67. The molecule has 1 aromatic heterocycles. The summed E-state index contributed by atoms with van der Waals surface area (Å²) in [5, 5.41) is 0.649. The molecule has 0 saturated carbocycles. The molecule has 0 radical (unpaired) electrons. The van der Waals surface area contributed by atoms with Gasteiger partial charge in [-0.25, -0.2) is 4.98 Å². The average Bonchev–Trinajstić information content (AvgIpc) is 3.13. The molecule has 2 aliphatic heterocycles. The first-order valence-electron chi connectivity index (χ1n) is 7.91. The third-order valence-corrected chi connectivity index (χ3v) is 5.39. The van der Waals surface area contributed by atoms with Crippen molar-refractivity contribution in [3.63, 3.8) is 0 Å². The van der Waals surface area contributed by atoms with Gasteiger partial charge in [-0.2, -0.15) is 0 Å². The SMILES string of the molecule is Cl.Nc1ncc(CN2CCC(CC(=O)N3CCCC3)CC2)s1. The number of nitrogens with zero attached hydrogens (tertiary/aromatic N) is 3. The molecule has 5 nitrogen and oxygen atoms in total. The highest BCUT2D eigenvalue weighted by atomic mass is 35.5. The number of nitrogens with two attached hydrogens (primary N) is 1. The van der Waals surface area contributed by atoms with Gasteiger partial charge in [0.15, 0.2) is 5.13 Å². The van der Waals surface area contributed by atoms with Crippen LogP contribution in [0, 0.1) is 5.92 Å². The fourth-order valence-corrected chi connectivity index (χ4v) is 4.03. The average molecular weight is 345 g/mol. The maximum absolute atomic E-state index is 12.2. The molecule has 3 rings (SSSR count). The number of hydrogen-bond donors (Lipinski definition) is 1. The molecule has 0 bridgehead atoms. The van der Waals surface area contributed by atoms with E-state index in [0.717, 1.165) is 52.0 Å². The second kappa shape index (κ2) is 8.13. The first-order valence-corrected chi connectivity index (χ1v) is 8.72. The monoisotopic (exact) mass is 344 g/mol. The first kappa shape index (κ1) is 17.5. The minimum absolute atomic E-state index is 0. The summed E-state index contributed by atoms with van der Waals surface area (Å²) >= 11 is 1.57. The molecule has 2 N–H and O–H groups in total. The number of amides is 1. The quantitative estimate of drug-likeness (QED) is 0.910. The predicted octanol–water partition coefficient (Wildman–Crippen LogP) is 2.37. The van der Waals surface area contributed by atoms with Gasteiger partial charge in [-0.15, -0.1) is 23.7 Å². The summed E-state index contributed by atoms with van der Waals surface area (Å²) in [7, 11) is 0. The van der Waals surface area contributed by atoms with Gasteiger partial charge in [-0.1, -0.05) is 0 Å². The van der Waals surface area contributed by atoms with Crippen molar-refractivity contribution >= 4 is 34.8 Å². The van der Waals surface area contributed by atoms with Gasteiger partial charge in [0.25, 0.3) is 0 Å². The van der Waals surface area contributed by atoms with Crippen LogP contribution in [-0.2, 0) is 11.3 Å². The molecule has 1 aromatic rings. The Hall–Kier alpha value is -0.850. The maximum atomic E-state index is 12.2. The van der Waals surface area contributed by atoms with E-state index in [2.05, 4.69) is 9.88 Å². The second-order valence-corrected chi connectivity index (χ2v) is 7.32. The van der Waals surface area contributed by atoms with E-state index in [1.807, 2.05) is 11.1 Å². The number of likely N-dealkylation sites (tertiary alicyclic amines) is 2. The summed E-state index contributed by atoms with van der Waals surface area (Å²) in [4.78, 5) is 22.0. The molecular formula is C15H25ClN4OS. The normalized spacial score (nSPS) is 20.1. The minimum Gasteiger partial charge on any atom is -0.375 e. The van der Waals surface area contributed by atoms with Gasteiger partial charge in [-0.3, -0.25) is 9.69 Å². The van der Waals surface area contributed by atoms with Crippen LogP contribution in [-0.4, -0.2) is 46.9 Å². The molecule has 3 heterocycles. The number of piperidine rings is 1. The van der Waals surface area contributed by atoms with Crippen molar-refractivity contribution in [1.82, 2.24) is 14.8 Å². The van der Waals surface area contributed by atoms with Gasteiger partial charge in [0.05, 0.1) is 0 Å². The van der Waals surface area contributed by atoms with Crippen molar-refractivity contribution in [2.75, 3.05) is 31.9 Å². The molecule has 2 aliphatic rings. The Morgan fingerprint density at radius 1 is 1.27 bits per heavy atom. The largest absolute Gasteiger partial charge is 0.375 e. The van der Waals surface area contributed by atoms with Crippen LogP contribution >= 0.6 is 23.7 Å². The van der Waals surface area contributed by atoms with Crippen LogP contribution < -0.4 is 5.73 Å². The van der Waals surface area contributed by atoms with Crippen molar-refractivity contribution in [3.8, 4) is 0 Å². The molecule has 2 fully saturated rings. The van der Waals surface area contributed by atoms with Crippen LogP contribution in [0.15, 0.2) is 6.20 Å². The van der Waals surface area contributed by atoms with Gasteiger partial charge >= 0.3 is 0 Å². The Bertz CT molecular complexity index is 482. The lowest BCUT2D eigenvalue weighted by Gasteiger charge is -2.32. The highest BCUT2D eigenvalue weighted by molar-refractivity contribution is 7.15. The topological polar surface area (TPSA) is 62.5 Å². The Kier molecular flexibility index (Phi) is 6.47. The Morgan fingerprint density at radius 3 is 2.55 bits per heavy atom. The summed E-state index contributed by atoms with van der Waals surface area (Å²) in [6.45, 7) is 5.06. The van der Waals surface area contributed by atoms with Crippen LogP contribution in [0.4, 0.5) is 5.13 Å². The zero-order chi connectivity index (χ0) is 14.7. The molecule has 2 saturated heterocycles. The number of hydrogen-bond acceptors (Lipinski definition) is 5. The first-order chi connectivity index (χ1) is 10.2. The summed E-state index contributed by atoms with van der Waals surface area (Å²) in [6.07, 6.45) is 7.26. The van der Waals surface area contributed by atoms with Gasteiger partial charge in [0.2, 0.25) is 5.91 Å². The number of aromatic nitrogens is 1. The maximum Gasteiger partial charge on any atom is 0.222 e. The molecule has 0 atom stereocenters. The number of carbonyl (C=O) groups is 1. The number of nitrogen functional groups attached to an aromatic ring is 1. The number of rotatable bonds is 4. The van der Waals surface area contributed by atoms with Crippen molar-refractivity contribution in [3.05, 3.63) is 11.1 Å². The molecule has 0 unspecified atom stereocenters. The van der Waals surface area contributed by atoms with Crippen molar-refractivity contribution < 1.29 is 4.79 Å². The fourth-order valence-electron chi connectivity index (χ4n) is 3.31. The van der Waals surface area contributed by atoms with E-state index in [4.69, 9.17) is 5.73 Å². The smallest absolute Gasteiger partial charge is 0.222 e. The molecule has 0 spiro atoms. The number of anilines is 1. The van der Waals surface area contributed by atoms with Crippen molar-refractivity contribution in [2.24, 2.45) is 5.92 Å². The zero-order valence-electron chi connectivity index (χ0n) is 12.9. The summed E-state index contributed by atoms with van der Waals surface area (Å²) < 4.78 is 0. The van der Waals surface area contributed by atoms with Crippen LogP contribution in [0.25, 0.3) is 0 Å². The second-order valence-electron chi connectivity index (χ2n) is 6.18. The lowest BCUT2D eigenvalue weighted by atomic mass is 9.93. The Labute approximate surface area is 142 Å². The van der Waals surface area contributed by atoms with E-state index in [9.17, 15) is 4.79 Å². The lowest BCUT2D eigenvalue weighted by molar-refractivity contribution is -0.131. The van der Waals surface area contributed by atoms with E-state index in [1.54, 1.807) is 11.3 Å². The Morgan fingerprint density at radius 2 is 1.95 bits per heavy atom. The zero-order valence-corrected chi connectivity index (χ0v) is 14.5. The molecule has 22 heavy (non-hydrogen) atoms. The molecule has 124 valence electrons. The third kappa shape index (κ3) is 4.57. The van der Waals surface area contributed by atoms with E-state index < -0.39 is 0 Å². The standard InChI is InChI=1S/C15H24N4OS.ClH/c16-15-17-10-13(21-15)11-18-7-3-12(4-8-18)9-14(20)19-5-1-2-6-19;/h10,12H,1-9,11H2,(H2,16,17);1H. The fraction of sp³-hybridized carbons (Fsp3) is 0.733. The van der Waals surface area contributed by atoms with Gasteiger partial charge in [-0.05, 0) is 44.7 Å². The van der Waals surface area contributed by atoms with Crippen LogP contribution in [0.5, 0.6) is 0 Å². The van der Waals surface area contributed by atoms with E-state index in [1.165, 1.54) is 17.7 Å². The number of carbonyl (C=O) groups excluding carboxylic acids is 1. The summed E-state index contributed by atoms with van der Waals surface area (Å²) in [6, 6.07) is 0. The molecule has 7 heteroatoms. The molecular weight excluding hydrogens is 320 g/mol. The Balaban J connectivity index is 0.00000176. The van der Waals surface area contributed by atoms with E-state index in [0.29, 0.717) is 17.0 Å². The highest BCUT2D eigenvalue weighted by Gasteiger charge is 2.25. The number of thiazole rings is 1. The number of halogens is 1. The van der Waals surface area contributed by atoms with Crippen LogP contribution in [0.1, 0.15) is 37.0 Å². The molecule has 0 aromatic carbocycles. The van der Waals surface area contributed by atoms with E-state index in [-0.39, 0.29) is 12.4 Å². The van der Waals surface area contributed by atoms with Gasteiger partial charge in [0, 0.05) is 37.1 Å². The van der Waals surface area contributed by atoms with Crippen molar-refractivity contribution in [2.45, 2.75) is 38.6 Å². The predicted molar refractivity (Wildman–Crippen MR) is 92.2 cm³/mol. The van der Waals surface area contributed by atoms with Crippen LogP contribution in [0.2, 0.25) is 0 Å². The third-order valence-electron chi connectivity index (χ3n) is 4.58. The van der Waals surface area contributed by atoms with Gasteiger partial charge in [0.1, 0.15) is 0 Å². The minimum atomic E-state index is 0. The van der Waals surface area contributed by atoms with E-state index >= 15 is 0 Å². The summed E-state index contributed by atoms with van der Waals surface area (Å²) in [5.74, 6) is 0.946. The van der Waals surface area contributed by atoms with Crippen LogP contribution in [0.3, 0.4) is 0 Å². The molecule has 1 amide bonds. The molecule has 0 aliphatic carbocycles. The lowest BCUT2D eigenvalue weighted by Crippen LogP contribution is -2.36. The van der Waals surface area contributed by atoms with Crippen molar-refractivity contribution in [1.29, 1.82) is 0 Å². The highest BCUT2D eigenvalue weighted by Crippen LogP contribution is 2.25. The van der Waals surface area contributed by atoms with Gasteiger partial charge < -0.3 is 10.6 Å².